The van der Waals surface area contributed by atoms with Crippen molar-refractivity contribution in [1.29, 1.82) is 0 Å². The van der Waals surface area contributed by atoms with Crippen LogP contribution in [0.4, 0.5) is 5.82 Å². The molecule has 0 atom stereocenters. The number of benzene rings is 3. The molecule has 1 aliphatic rings. The molecule has 3 aromatic carbocycles. The van der Waals surface area contributed by atoms with E-state index in [-0.39, 0.29) is 5.91 Å². The van der Waals surface area contributed by atoms with Gasteiger partial charge in [0.1, 0.15) is 5.82 Å². The molecule has 2 aromatic heterocycles. The molecule has 5 nitrogen and oxygen atoms in total. The van der Waals surface area contributed by atoms with Crippen LogP contribution in [0.15, 0.2) is 78.9 Å². The molecule has 0 fully saturated rings. The van der Waals surface area contributed by atoms with Crippen LogP contribution in [0.2, 0.25) is 0 Å². The van der Waals surface area contributed by atoms with Gasteiger partial charge in [-0.1, -0.05) is 72.0 Å². The number of amides is 1. The molecule has 0 bridgehead atoms. The third-order valence-corrected chi connectivity index (χ3v) is 7.63. The van der Waals surface area contributed by atoms with Crippen LogP contribution in [0.25, 0.3) is 15.3 Å². The van der Waals surface area contributed by atoms with E-state index in [0.717, 1.165) is 45.0 Å². The first-order chi connectivity index (χ1) is 17.2. The zero-order valence-corrected chi connectivity index (χ0v) is 20.4. The Labute approximate surface area is 208 Å². The zero-order chi connectivity index (χ0) is 23.8. The molecular weight excluding hydrogens is 452 g/mol. The lowest BCUT2D eigenvalue weighted by Crippen LogP contribution is -2.23. The molecular formula is C29H26N4OS. The number of aromatic nitrogens is 3. The lowest BCUT2D eigenvalue weighted by molar-refractivity contribution is -0.116. The molecule has 6 rings (SSSR count). The van der Waals surface area contributed by atoms with Crippen molar-refractivity contribution in [3.63, 3.8) is 0 Å². The molecule has 0 unspecified atom stereocenters. The number of carbonyl (C=O) groups excluding carboxylic acids is 1. The fourth-order valence-corrected chi connectivity index (χ4v) is 5.93. The Morgan fingerprint density at radius 2 is 1.54 bits per heavy atom. The van der Waals surface area contributed by atoms with Crippen molar-refractivity contribution in [3.05, 3.63) is 107 Å². The van der Waals surface area contributed by atoms with Gasteiger partial charge in [-0.05, 0) is 67.0 Å². The van der Waals surface area contributed by atoms with Crippen molar-refractivity contribution in [2.75, 3.05) is 5.32 Å². The van der Waals surface area contributed by atoms with Gasteiger partial charge in [0.05, 0.1) is 21.8 Å². The molecule has 6 heteroatoms. The van der Waals surface area contributed by atoms with Crippen molar-refractivity contribution in [3.8, 4) is 5.13 Å². The normalized spacial score (nSPS) is 13.2. The summed E-state index contributed by atoms with van der Waals surface area (Å²) in [6.45, 7) is 1.93. The fourth-order valence-electron chi connectivity index (χ4n) is 4.95. The molecule has 1 amide bonds. The van der Waals surface area contributed by atoms with Crippen molar-refractivity contribution in [2.45, 2.75) is 38.5 Å². The molecule has 0 spiro atoms. The molecule has 0 saturated carbocycles. The van der Waals surface area contributed by atoms with Crippen LogP contribution in [0.5, 0.6) is 0 Å². The lowest BCUT2D eigenvalue weighted by Gasteiger charge is -2.18. The maximum Gasteiger partial charge on any atom is 0.237 e. The summed E-state index contributed by atoms with van der Waals surface area (Å²) in [5.74, 6) is 0.108. The van der Waals surface area contributed by atoms with Crippen LogP contribution in [0.3, 0.4) is 0 Å². The van der Waals surface area contributed by atoms with Crippen LogP contribution >= 0.6 is 11.3 Å². The number of fused-ring (bicyclic) bond motifs is 2. The van der Waals surface area contributed by atoms with Gasteiger partial charge in [-0.15, -0.1) is 0 Å². The summed E-state index contributed by atoms with van der Waals surface area (Å²) in [7, 11) is 0. The highest BCUT2D eigenvalue weighted by atomic mass is 32.1. The van der Waals surface area contributed by atoms with E-state index in [1.165, 1.54) is 24.0 Å². The molecule has 174 valence electrons. The molecule has 2 heterocycles. The Morgan fingerprint density at radius 3 is 2.20 bits per heavy atom. The van der Waals surface area contributed by atoms with E-state index in [0.29, 0.717) is 5.82 Å². The second-order valence-corrected chi connectivity index (χ2v) is 10.1. The Bertz CT molecular complexity index is 1420. The quantitative estimate of drug-likeness (QED) is 0.316. The van der Waals surface area contributed by atoms with Crippen LogP contribution in [0.1, 0.15) is 46.7 Å². The highest BCUT2D eigenvalue weighted by molar-refractivity contribution is 7.20. The van der Waals surface area contributed by atoms with E-state index in [9.17, 15) is 4.79 Å². The zero-order valence-electron chi connectivity index (χ0n) is 19.6. The van der Waals surface area contributed by atoms with Gasteiger partial charge in [-0.25, -0.2) is 4.98 Å². The number of thiazole rings is 1. The van der Waals surface area contributed by atoms with Gasteiger partial charge in [0, 0.05) is 6.07 Å². The van der Waals surface area contributed by atoms with Crippen LogP contribution < -0.4 is 5.32 Å². The Kier molecular flexibility index (Phi) is 5.66. The summed E-state index contributed by atoms with van der Waals surface area (Å²) in [5, 5.41) is 8.60. The van der Waals surface area contributed by atoms with E-state index in [2.05, 4.69) is 22.5 Å². The third kappa shape index (κ3) is 4.26. The number of nitrogens with zero attached hydrogens (tertiary/aromatic N) is 3. The highest BCUT2D eigenvalue weighted by Crippen LogP contribution is 2.33. The van der Waals surface area contributed by atoms with Crippen molar-refractivity contribution in [2.24, 2.45) is 0 Å². The molecule has 5 aromatic rings. The monoisotopic (exact) mass is 478 g/mol. The minimum absolute atomic E-state index is 0.0971. The van der Waals surface area contributed by atoms with E-state index < -0.39 is 5.92 Å². The van der Waals surface area contributed by atoms with Crippen molar-refractivity contribution in [1.82, 2.24) is 14.8 Å². The Hall–Kier alpha value is -3.77. The minimum atomic E-state index is -0.428. The largest absolute Gasteiger partial charge is 0.310 e. The predicted molar refractivity (Wildman–Crippen MR) is 141 cm³/mol. The number of rotatable bonds is 5. The predicted octanol–water partition coefficient (Wildman–Crippen LogP) is 6.44. The maximum atomic E-state index is 13.7. The second kappa shape index (κ2) is 9.12. The van der Waals surface area contributed by atoms with Crippen LogP contribution in [0, 0.1) is 6.92 Å². The van der Waals surface area contributed by atoms with E-state index in [1.807, 2.05) is 73.7 Å². The lowest BCUT2D eigenvalue weighted by atomic mass is 9.90. The van der Waals surface area contributed by atoms with Gasteiger partial charge in [-0.3, -0.25) is 4.79 Å². The van der Waals surface area contributed by atoms with Crippen molar-refractivity contribution < 1.29 is 4.79 Å². The number of hydrogen-bond donors (Lipinski definition) is 1. The first-order valence-electron chi connectivity index (χ1n) is 12.1. The summed E-state index contributed by atoms with van der Waals surface area (Å²) in [4.78, 5) is 18.6. The molecule has 0 radical (unpaired) electrons. The van der Waals surface area contributed by atoms with Gasteiger partial charge >= 0.3 is 0 Å². The van der Waals surface area contributed by atoms with E-state index >= 15 is 0 Å². The smallest absolute Gasteiger partial charge is 0.237 e. The first-order valence-corrected chi connectivity index (χ1v) is 12.9. The van der Waals surface area contributed by atoms with Gasteiger partial charge in [0.2, 0.25) is 11.0 Å². The van der Waals surface area contributed by atoms with E-state index in [4.69, 9.17) is 4.98 Å². The standard InChI is InChI=1S/C29H26N4OS/c1-19-16-26(31-28(34)27(20-10-4-2-5-11-20)21-12-6-3-7-13-21)33(32-19)29-30-24-17-22-14-8-9-15-23(22)18-25(24)35-29/h2-7,10-13,16-18,27H,8-9,14-15H2,1H3,(H,31,34). The van der Waals surface area contributed by atoms with Crippen molar-refractivity contribution >= 4 is 33.3 Å². The average molecular weight is 479 g/mol. The van der Waals surface area contributed by atoms with Gasteiger partial charge < -0.3 is 5.32 Å². The molecule has 35 heavy (non-hydrogen) atoms. The molecule has 0 aliphatic heterocycles. The SMILES string of the molecule is Cc1cc(NC(=O)C(c2ccccc2)c2ccccc2)n(-c2nc3cc4c(cc3s2)CCCC4)n1. The number of hydrogen-bond acceptors (Lipinski definition) is 4. The van der Waals surface area contributed by atoms with Gasteiger partial charge in [-0.2, -0.15) is 9.78 Å². The molecule has 1 aliphatic carbocycles. The van der Waals surface area contributed by atoms with E-state index in [1.54, 1.807) is 16.0 Å². The Balaban J connectivity index is 1.36. The van der Waals surface area contributed by atoms with Gasteiger partial charge in [0.25, 0.3) is 0 Å². The average Bonchev–Trinajstić information content (AvgIpc) is 3.46. The molecule has 1 N–H and O–H groups in total. The number of carbonyl (C=O) groups is 1. The van der Waals surface area contributed by atoms with Crippen LogP contribution in [-0.2, 0) is 17.6 Å². The fraction of sp³-hybridized carbons (Fsp3) is 0.207. The number of nitrogens with one attached hydrogen (secondary N) is 1. The molecule has 0 saturated heterocycles. The summed E-state index contributed by atoms with van der Waals surface area (Å²) in [6, 6.07) is 26.2. The summed E-state index contributed by atoms with van der Waals surface area (Å²) < 4.78 is 2.93. The maximum absolute atomic E-state index is 13.7. The summed E-state index contributed by atoms with van der Waals surface area (Å²) in [5.41, 5.74) is 6.59. The highest BCUT2D eigenvalue weighted by Gasteiger charge is 2.25. The second-order valence-electron chi connectivity index (χ2n) is 9.12. The Morgan fingerprint density at radius 1 is 0.914 bits per heavy atom. The summed E-state index contributed by atoms with van der Waals surface area (Å²) in [6.07, 6.45) is 4.76. The van der Waals surface area contributed by atoms with Crippen LogP contribution in [-0.4, -0.2) is 20.7 Å². The third-order valence-electron chi connectivity index (χ3n) is 6.63. The van der Waals surface area contributed by atoms with Gasteiger partial charge in [0.15, 0.2) is 0 Å². The number of anilines is 1. The topological polar surface area (TPSA) is 59.8 Å². The first kappa shape index (κ1) is 21.7. The minimum Gasteiger partial charge on any atom is -0.310 e. The number of aryl methyl sites for hydroxylation is 3. The summed E-state index contributed by atoms with van der Waals surface area (Å²) >= 11 is 1.62.